The fourth-order valence-electron chi connectivity index (χ4n) is 2.81. The summed E-state index contributed by atoms with van der Waals surface area (Å²) in [6.45, 7) is 0. The Morgan fingerprint density at radius 1 is 1.17 bits per heavy atom. The summed E-state index contributed by atoms with van der Waals surface area (Å²) >= 11 is 5.94. The number of carbonyl (C=O) groups is 1. The topological polar surface area (TPSA) is 83.6 Å². The van der Waals surface area contributed by atoms with E-state index in [-0.39, 0.29) is 5.91 Å². The molecule has 1 heterocycles. The first-order valence-electron chi connectivity index (χ1n) is 7.59. The molecule has 7 heteroatoms. The summed E-state index contributed by atoms with van der Waals surface area (Å²) in [5.74, 6) is 0.486. The van der Waals surface area contributed by atoms with Gasteiger partial charge in [0.1, 0.15) is 0 Å². The number of halogens is 1. The van der Waals surface area contributed by atoms with Crippen molar-refractivity contribution < 1.29 is 4.79 Å². The van der Waals surface area contributed by atoms with E-state index in [1.54, 1.807) is 0 Å². The first-order chi connectivity index (χ1) is 11.7. The lowest BCUT2D eigenvalue weighted by Gasteiger charge is -2.16. The summed E-state index contributed by atoms with van der Waals surface area (Å²) in [6, 6.07) is 14.9. The molecule has 4 rings (SSSR count). The van der Waals surface area contributed by atoms with Crippen LogP contribution in [-0.2, 0) is 10.2 Å². The number of carbonyl (C=O) groups excluding carboxylic acids is 1. The van der Waals surface area contributed by atoms with Crippen molar-refractivity contribution >= 4 is 23.2 Å². The molecule has 120 valence electrons. The van der Waals surface area contributed by atoms with E-state index in [0.717, 1.165) is 24.0 Å². The van der Waals surface area contributed by atoms with Crippen LogP contribution in [-0.4, -0.2) is 26.5 Å². The maximum absolute atomic E-state index is 12.8. The largest absolute Gasteiger partial charge is 0.325 e. The van der Waals surface area contributed by atoms with Crippen molar-refractivity contribution in [2.45, 2.75) is 18.3 Å². The Morgan fingerprint density at radius 3 is 2.62 bits per heavy atom. The quantitative estimate of drug-likeness (QED) is 0.764. The summed E-state index contributed by atoms with van der Waals surface area (Å²) in [5, 5.41) is 17.5. The van der Waals surface area contributed by atoms with Gasteiger partial charge in [0, 0.05) is 16.3 Å². The number of benzene rings is 2. The maximum atomic E-state index is 12.8. The summed E-state index contributed by atoms with van der Waals surface area (Å²) in [4.78, 5) is 12.8. The molecule has 0 spiro atoms. The lowest BCUT2D eigenvalue weighted by atomic mass is 9.95. The Hall–Kier alpha value is -2.73. The molecule has 6 nitrogen and oxygen atoms in total. The molecule has 1 aromatic heterocycles. The number of aromatic nitrogens is 4. The third kappa shape index (κ3) is 2.65. The molecule has 24 heavy (non-hydrogen) atoms. The highest BCUT2D eigenvalue weighted by Crippen LogP contribution is 2.49. The Kier molecular flexibility index (Phi) is 3.54. The number of hydrogen-bond acceptors (Lipinski definition) is 4. The van der Waals surface area contributed by atoms with Crippen LogP contribution in [0.15, 0.2) is 48.5 Å². The van der Waals surface area contributed by atoms with Crippen LogP contribution in [0.25, 0.3) is 11.4 Å². The van der Waals surface area contributed by atoms with E-state index in [4.69, 9.17) is 11.6 Å². The minimum Gasteiger partial charge on any atom is -0.325 e. The molecule has 2 aromatic carbocycles. The van der Waals surface area contributed by atoms with Gasteiger partial charge in [-0.1, -0.05) is 35.9 Å². The number of hydrogen-bond donors (Lipinski definition) is 2. The third-order valence-electron chi connectivity index (χ3n) is 4.31. The Bertz CT molecular complexity index is 872. The van der Waals surface area contributed by atoms with Crippen LogP contribution in [0, 0.1) is 0 Å². The van der Waals surface area contributed by atoms with Crippen molar-refractivity contribution in [2.75, 3.05) is 5.32 Å². The number of nitrogens with zero attached hydrogens (tertiary/aromatic N) is 3. The first kappa shape index (κ1) is 14.8. The Balaban J connectivity index is 1.56. The van der Waals surface area contributed by atoms with Crippen molar-refractivity contribution in [3.63, 3.8) is 0 Å². The van der Waals surface area contributed by atoms with E-state index in [2.05, 4.69) is 25.9 Å². The van der Waals surface area contributed by atoms with Gasteiger partial charge in [-0.2, -0.15) is 5.21 Å². The van der Waals surface area contributed by atoms with Gasteiger partial charge >= 0.3 is 0 Å². The van der Waals surface area contributed by atoms with Crippen molar-refractivity contribution in [2.24, 2.45) is 0 Å². The molecule has 3 aromatic rings. The van der Waals surface area contributed by atoms with Crippen molar-refractivity contribution in [1.82, 2.24) is 20.6 Å². The first-order valence-corrected chi connectivity index (χ1v) is 7.97. The fourth-order valence-corrected chi connectivity index (χ4v) is 2.94. The van der Waals surface area contributed by atoms with Crippen LogP contribution in [0.2, 0.25) is 5.02 Å². The molecule has 0 atom stereocenters. The SMILES string of the molecule is O=C(Nc1cccc(-c2nn[nH]n2)c1)C1(c2ccc(Cl)cc2)CC1. The van der Waals surface area contributed by atoms with Crippen LogP contribution in [0.1, 0.15) is 18.4 Å². The molecule has 1 aliphatic rings. The van der Waals surface area contributed by atoms with Crippen LogP contribution >= 0.6 is 11.6 Å². The lowest BCUT2D eigenvalue weighted by molar-refractivity contribution is -0.118. The van der Waals surface area contributed by atoms with E-state index in [1.807, 2.05) is 48.5 Å². The van der Waals surface area contributed by atoms with Gasteiger partial charge in [-0.05, 0) is 47.9 Å². The van der Waals surface area contributed by atoms with Crippen LogP contribution in [0.3, 0.4) is 0 Å². The standard InChI is InChI=1S/C17H14ClN5O/c18-13-6-4-12(5-7-13)17(8-9-17)16(24)19-14-3-1-2-11(10-14)15-20-22-23-21-15/h1-7,10H,8-9H2,(H,19,24)(H,20,21,22,23). The average Bonchev–Trinajstić information content (AvgIpc) is 3.22. The number of amides is 1. The van der Waals surface area contributed by atoms with E-state index in [0.29, 0.717) is 16.5 Å². The monoisotopic (exact) mass is 339 g/mol. The Labute approximate surface area is 143 Å². The number of tetrazole rings is 1. The molecule has 2 N–H and O–H groups in total. The number of H-pyrrole nitrogens is 1. The summed E-state index contributed by atoms with van der Waals surface area (Å²) in [7, 11) is 0. The molecular weight excluding hydrogens is 326 g/mol. The van der Waals surface area contributed by atoms with Crippen molar-refractivity contribution in [3.8, 4) is 11.4 Å². The van der Waals surface area contributed by atoms with Crippen LogP contribution in [0.4, 0.5) is 5.69 Å². The second-order valence-electron chi connectivity index (χ2n) is 5.86. The average molecular weight is 340 g/mol. The van der Waals surface area contributed by atoms with Crippen LogP contribution in [0.5, 0.6) is 0 Å². The zero-order chi connectivity index (χ0) is 16.6. The fraction of sp³-hybridized carbons (Fsp3) is 0.176. The van der Waals surface area contributed by atoms with E-state index in [1.165, 1.54) is 0 Å². The smallest absolute Gasteiger partial charge is 0.235 e. The summed E-state index contributed by atoms with van der Waals surface area (Å²) in [5.41, 5.74) is 2.05. The predicted molar refractivity (Wildman–Crippen MR) is 90.6 cm³/mol. The number of aromatic amines is 1. The van der Waals surface area contributed by atoms with E-state index >= 15 is 0 Å². The van der Waals surface area contributed by atoms with Crippen molar-refractivity contribution in [1.29, 1.82) is 0 Å². The molecule has 0 radical (unpaired) electrons. The van der Waals surface area contributed by atoms with E-state index in [9.17, 15) is 4.79 Å². The Morgan fingerprint density at radius 2 is 1.96 bits per heavy atom. The van der Waals surface area contributed by atoms with Gasteiger partial charge in [-0.15, -0.1) is 10.2 Å². The highest BCUT2D eigenvalue weighted by Gasteiger charge is 2.51. The van der Waals surface area contributed by atoms with Gasteiger partial charge in [0.15, 0.2) is 0 Å². The minimum absolute atomic E-state index is 0.00455. The van der Waals surface area contributed by atoms with Gasteiger partial charge in [-0.25, -0.2) is 0 Å². The second kappa shape index (κ2) is 5.72. The van der Waals surface area contributed by atoms with Gasteiger partial charge in [0.05, 0.1) is 5.41 Å². The molecule has 0 bridgehead atoms. The van der Waals surface area contributed by atoms with Gasteiger partial charge in [0.25, 0.3) is 0 Å². The predicted octanol–water partition coefficient (Wildman–Crippen LogP) is 3.19. The summed E-state index contributed by atoms with van der Waals surface area (Å²) < 4.78 is 0. The minimum atomic E-state index is -0.452. The van der Waals surface area contributed by atoms with Gasteiger partial charge in [0.2, 0.25) is 11.7 Å². The second-order valence-corrected chi connectivity index (χ2v) is 6.30. The molecule has 1 aliphatic carbocycles. The lowest BCUT2D eigenvalue weighted by Crippen LogP contribution is -2.27. The zero-order valence-electron chi connectivity index (χ0n) is 12.7. The van der Waals surface area contributed by atoms with Gasteiger partial charge in [-0.3, -0.25) is 4.79 Å². The molecule has 0 unspecified atom stereocenters. The highest BCUT2D eigenvalue weighted by atomic mass is 35.5. The van der Waals surface area contributed by atoms with Crippen molar-refractivity contribution in [3.05, 3.63) is 59.1 Å². The van der Waals surface area contributed by atoms with Crippen LogP contribution < -0.4 is 5.32 Å². The number of rotatable bonds is 4. The number of nitrogens with one attached hydrogen (secondary N) is 2. The number of anilines is 1. The molecule has 1 fully saturated rings. The molecular formula is C17H14ClN5O. The zero-order valence-corrected chi connectivity index (χ0v) is 13.4. The molecule has 1 saturated carbocycles. The molecule has 0 saturated heterocycles. The molecule has 0 aliphatic heterocycles. The maximum Gasteiger partial charge on any atom is 0.235 e. The third-order valence-corrected chi connectivity index (χ3v) is 4.56. The normalized spacial score (nSPS) is 15.0. The molecule has 1 amide bonds. The highest BCUT2D eigenvalue weighted by molar-refractivity contribution is 6.30. The van der Waals surface area contributed by atoms with Gasteiger partial charge < -0.3 is 5.32 Å². The summed E-state index contributed by atoms with van der Waals surface area (Å²) in [6.07, 6.45) is 1.68. The van der Waals surface area contributed by atoms with E-state index < -0.39 is 5.41 Å².